The maximum Gasteiger partial charge on any atom is 0.261 e. The summed E-state index contributed by atoms with van der Waals surface area (Å²) in [5.41, 5.74) is 0. The molecule has 0 spiro atoms. The number of hydrogen-bond acceptors (Lipinski definition) is 3. The quantitative estimate of drug-likeness (QED) is 0.123. The topological polar surface area (TPSA) is 34.3 Å². The van der Waals surface area contributed by atoms with Crippen LogP contribution in [0, 0.1) is 0 Å². The van der Waals surface area contributed by atoms with E-state index in [4.69, 9.17) is 13.9 Å². The van der Waals surface area contributed by atoms with E-state index in [2.05, 4.69) is 88.4 Å². The fraction of sp³-hybridized carbons (Fsp3) is 0.636. The van der Waals surface area contributed by atoms with Crippen molar-refractivity contribution in [1.82, 2.24) is 0 Å². The van der Waals surface area contributed by atoms with Crippen LogP contribution in [0.1, 0.15) is 98.3 Å². The fourth-order valence-electron chi connectivity index (χ4n) is 6.03. The van der Waals surface area contributed by atoms with Crippen LogP contribution >= 0.6 is 0 Å². The molecule has 37 heavy (non-hydrogen) atoms. The van der Waals surface area contributed by atoms with Gasteiger partial charge in [-0.2, -0.15) is 0 Å². The second kappa shape index (κ2) is 13.6. The Kier molecular flexibility index (Phi) is 10.5. The first kappa shape index (κ1) is 28.5. The van der Waals surface area contributed by atoms with Crippen LogP contribution in [0.2, 0.25) is 5.04 Å². The molecule has 3 nitrogen and oxygen atoms in total. The van der Waals surface area contributed by atoms with Crippen molar-refractivity contribution in [3.63, 3.8) is 0 Å². The third-order valence-corrected chi connectivity index (χ3v) is 13.3. The molecule has 4 heteroatoms. The minimum atomic E-state index is -2.49. The van der Waals surface area contributed by atoms with Gasteiger partial charge in [-0.05, 0) is 21.8 Å². The van der Waals surface area contributed by atoms with Gasteiger partial charge < -0.3 is 13.9 Å². The Morgan fingerprint density at radius 1 is 0.649 bits per heavy atom. The third kappa shape index (κ3) is 7.78. The molecular weight excluding hydrogens is 472 g/mol. The molecule has 204 valence electrons. The minimum absolute atomic E-state index is 0.000297. The summed E-state index contributed by atoms with van der Waals surface area (Å²) in [7, 11) is -2.49. The maximum absolute atomic E-state index is 7.06. The molecule has 4 rings (SSSR count). The van der Waals surface area contributed by atoms with Crippen molar-refractivity contribution in [1.29, 1.82) is 0 Å². The van der Waals surface area contributed by atoms with Crippen LogP contribution < -0.4 is 10.4 Å². The van der Waals surface area contributed by atoms with Crippen LogP contribution in [0.25, 0.3) is 0 Å². The molecule has 0 radical (unpaired) electrons. The van der Waals surface area contributed by atoms with Gasteiger partial charge in [0.05, 0.1) is 24.9 Å². The predicted octanol–water partition coefficient (Wildman–Crippen LogP) is 7.41. The second-order valence-electron chi connectivity index (χ2n) is 12.3. The van der Waals surface area contributed by atoms with Gasteiger partial charge in [-0.25, -0.2) is 0 Å². The largest absolute Gasteiger partial charge is 0.405 e. The zero-order chi connectivity index (χ0) is 26.1. The molecule has 2 aliphatic heterocycles. The van der Waals surface area contributed by atoms with E-state index in [0.717, 1.165) is 6.42 Å². The third-order valence-electron chi connectivity index (χ3n) is 8.31. The first-order chi connectivity index (χ1) is 18.0. The standard InChI is InChI=1S/C33H50O3Si/c1-5-6-7-8-9-10-11-12-19-24-29-30(35-29)25-31-32(36-31)26-34-37(33(2,3)4,27-20-15-13-16-21-27)28-22-17-14-18-23-28/h13-18,20-23,29-32H,5-12,19,24-26H2,1-4H3/t29-,30+,31-,32+/m1/s1. The van der Waals surface area contributed by atoms with Crippen LogP contribution in [0.3, 0.4) is 0 Å². The number of benzene rings is 2. The van der Waals surface area contributed by atoms with E-state index in [9.17, 15) is 0 Å². The molecule has 0 aliphatic carbocycles. The van der Waals surface area contributed by atoms with Gasteiger partial charge in [-0.3, -0.25) is 0 Å². The molecule has 2 fully saturated rings. The van der Waals surface area contributed by atoms with Crippen LogP contribution in [0.15, 0.2) is 60.7 Å². The lowest BCUT2D eigenvalue weighted by Gasteiger charge is -2.43. The van der Waals surface area contributed by atoms with Crippen LogP contribution in [0.5, 0.6) is 0 Å². The van der Waals surface area contributed by atoms with E-state index in [1.807, 2.05) is 0 Å². The fourth-order valence-corrected chi connectivity index (χ4v) is 10.6. The van der Waals surface area contributed by atoms with Crippen molar-refractivity contribution in [3.8, 4) is 0 Å². The maximum atomic E-state index is 7.06. The van der Waals surface area contributed by atoms with E-state index in [0.29, 0.717) is 18.8 Å². The lowest BCUT2D eigenvalue weighted by Crippen LogP contribution is -2.66. The number of unbranched alkanes of at least 4 members (excludes halogenated alkanes) is 8. The second-order valence-corrected chi connectivity index (χ2v) is 16.6. The molecule has 0 unspecified atom stereocenters. The van der Waals surface area contributed by atoms with Gasteiger partial charge in [-0.1, -0.05) is 146 Å². The molecule has 0 aromatic heterocycles. The van der Waals surface area contributed by atoms with Crippen LogP contribution in [-0.4, -0.2) is 39.3 Å². The molecule has 2 saturated heterocycles. The van der Waals surface area contributed by atoms with Crippen molar-refractivity contribution in [3.05, 3.63) is 60.7 Å². The van der Waals surface area contributed by atoms with Gasteiger partial charge in [-0.15, -0.1) is 0 Å². The highest BCUT2D eigenvalue weighted by atomic mass is 28.4. The molecule has 2 heterocycles. The lowest BCUT2D eigenvalue weighted by molar-refractivity contribution is 0.246. The lowest BCUT2D eigenvalue weighted by atomic mass is 10.0. The van der Waals surface area contributed by atoms with E-state index in [1.54, 1.807) is 0 Å². The van der Waals surface area contributed by atoms with Gasteiger partial charge in [0.2, 0.25) is 0 Å². The van der Waals surface area contributed by atoms with E-state index in [-0.39, 0.29) is 17.2 Å². The molecule has 0 saturated carbocycles. The SMILES string of the molecule is CCCCCCCCCCC[C@H]1O[C@H]1C[C@H]1O[C@H]1CO[Si](c1ccccc1)(c1ccccc1)C(C)(C)C. The molecule has 4 atom stereocenters. The molecular formula is C33H50O3Si. The number of hydrogen-bond donors (Lipinski definition) is 0. The Hall–Kier alpha value is -1.46. The summed E-state index contributed by atoms with van der Waals surface area (Å²) in [6.45, 7) is 9.94. The Morgan fingerprint density at radius 3 is 1.68 bits per heavy atom. The van der Waals surface area contributed by atoms with Crippen molar-refractivity contribution >= 4 is 18.7 Å². The zero-order valence-corrected chi connectivity index (χ0v) is 24.8. The smallest absolute Gasteiger partial charge is 0.261 e. The average molecular weight is 523 g/mol. The highest BCUT2D eigenvalue weighted by molar-refractivity contribution is 6.99. The Balaban J connectivity index is 1.21. The van der Waals surface area contributed by atoms with E-state index in [1.165, 1.54) is 74.6 Å². The Labute approximate surface area is 227 Å². The number of epoxide rings is 2. The monoisotopic (exact) mass is 522 g/mol. The summed E-state index contributed by atoms with van der Waals surface area (Å²) in [4.78, 5) is 0. The summed E-state index contributed by atoms with van der Waals surface area (Å²) in [5, 5.41) is 2.66. The Morgan fingerprint density at radius 2 is 1.14 bits per heavy atom. The minimum Gasteiger partial charge on any atom is -0.405 e. The van der Waals surface area contributed by atoms with Crippen molar-refractivity contribution in [2.75, 3.05) is 6.61 Å². The van der Waals surface area contributed by atoms with E-state index < -0.39 is 8.32 Å². The number of ether oxygens (including phenoxy) is 2. The predicted molar refractivity (Wildman–Crippen MR) is 157 cm³/mol. The van der Waals surface area contributed by atoms with Crippen LogP contribution in [0.4, 0.5) is 0 Å². The van der Waals surface area contributed by atoms with Crippen molar-refractivity contribution in [2.45, 2.75) is 128 Å². The Bertz CT molecular complexity index is 871. The van der Waals surface area contributed by atoms with Crippen molar-refractivity contribution < 1.29 is 13.9 Å². The summed E-state index contributed by atoms with van der Waals surface area (Å²) in [6, 6.07) is 21.8. The summed E-state index contributed by atoms with van der Waals surface area (Å²) in [5.74, 6) is 0. The van der Waals surface area contributed by atoms with Gasteiger partial charge in [0, 0.05) is 6.42 Å². The molecule has 2 aliphatic rings. The molecule has 2 aromatic carbocycles. The zero-order valence-electron chi connectivity index (χ0n) is 23.8. The highest BCUT2D eigenvalue weighted by Crippen LogP contribution is 2.40. The van der Waals surface area contributed by atoms with E-state index >= 15 is 0 Å². The van der Waals surface area contributed by atoms with Crippen LogP contribution in [-0.2, 0) is 13.9 Å². The van der Waals surface area contributed by atoms with Gasteiger partial charge in [0.15, 0.2) is 0 Å². The van der Waals surface area contributed by atoms with Gasteiger partial charge in [0.1, 0.15) is 6.10 Å². The first-order valence-electron chi connectivity index (χ1n) is 15.0. The molecule has 2 aromatic rings. The summed E-state index contributed by atoms with van der Waals surface area (Å²) >= 11 is 0. The summed E-state index contributed by atoms with van der Waals surface area (Å²) < 4.78 is 19.2. The molecule has 0 bridgehead atoms. The number of rotatable bonds is 17. The van der Waals surface area contributed by atoms with Gasteiger partial charge >= 0.3 is 0 Å². The van der Waals surface area contributed by atoms with Gasteiger partial charge in [0.25, 0.3) is 8.32 Å². The normalized spacial score (nSPS) is 23.2. The first-order valence-corrected chi connectivity index (χ1v) is 16.9. The molecule has 0 amide bonds. The average Bonchev–Trinajstić information content (AvgIpc) is 3.82. The highest BCUT2D eigenvalue weighted by Gasteiger charge is 2.53. The molecule has 0 N–H and O–H groups in total. The van der Waals surface area contributed by atoms with Crippen molar-refractivity contribution in [2.24, 2.45) is 0 Å². The summed E-state index contributed by atoms with van der Waals surface area (Å²) in [6.07, 6.45) is 16.0.